The zero-order valence-corrected chi connectivity index (χ0v) is 27.0. The van der Waals surface area contributed by atoms with Gasteiger partial charge in [0.2, 0.25) is 0 Å². The Hall–Kier alpha value is -3.98. The zero-order valence-electron chi connectivity index (χ0n) is 25.3. The van der Waals surface area contributed by atoms with Crippen LogP contribution in [-0.2, 0) is 30.8 Å². The number of halogens is 2. The van der Waals surface area contributed by atoms with Crippen molar-refractivity contribution in [2.45, 2.75) is 50.3 Å². The van der Waals surface area contributed by atoms with Crippen LogP contribution in [0.2, 0.25) is 0 Å². The molecular formula is C29H35F2N7O7PS+. The minimum absolute atomic E-state index is 0.0960. The van der Waals surface area contributed by atoms with Gasteiger partial charge in [-0.3, -0.25) is 9.32 Å². The van der Waals surface area contributed by atoms with Crippen LogP contribution >= 0.6 is 19.2 Å². The quantitative estimate of drug-likeness (QED) is 0.0686. The van der Waals surface area contributed by atoms with Gasteiger partial charge >= 0.3 is 13.8 Å². The van der Waals surface area contributed by atoms with Crippen LogP contribution in [0.4, 0.5) is 8.78 Å². The highest BCUT2D eigenvalue weighted by molar-refractivity contribution is 7.46. The fourth-order valence-corrected chi connectivity index (χ4v) is 5.65. The molecule has 0 aliphatic rings. The van der Waals surface area contributed by atoms with E-state index in [-0.39, 0.29) is 12.1 Å². The van der Waals surface area contributed by atoms with Gasteiger partial charge in [0.25, 0.3) is 0 Å². The summed E-state index contributed by atoms with van der Waals surface area (Å²) in [6.45, 7) is 1.46. The third kappa shape index (κ3) is 10.8. The van der Waals surface area contributed by atoms with Crippen LogP contribution in [0.3, 0.4) is 0 Å². The van der Waals surface area contributed by atoms with Crippen LogP contribution in [0.1, 0.15) is 48.2 Å². The van der Waals surface area contributed by atoms with Crippen LogP contribution in [-0.4, -0.2) is 60.0 Å². The number of ether oxygens (including phenoxy) is 1. The Labute approximate surface area is 272 Å². The molecule has 0 fully saturated rings. The molecule has 0 saturated carbocycles. The number of nitriles is 1. The van der Waals surface area contributed by atoms with E-state index in [0.717, 1.165) is 31.0 Å². The average molecular weight is 695 g/mol. The molecule has 8 N–H and O–H groups in total. The van der Waals surface area contributed by atoms with Crippen molar-refractivity contribution in [3.63, 3.8) is 0 Å². The number of phosphoric acid groups is 1. The number of aliphatic carboxylic acids is 1. The van der Waals surface area contributed by atoms with Gasteiger partial charge in [-0.05, 0) is 37.5 Å². The summed E-state index contributed by atoms with van der Waals surface area (Å²) in [6, 6.07) is 11.1. The maximum absolute atomic E-state index is 15.2. The summed E-state index contributed by atoms with van der Waals surface area (Å²) in [5.74, 6) is -3.42. The summed E-state index contributed by atoms with van der Waals surface area (Å²) in [6.07, 6.45) is 5.00. The first-order valence-corrected chi connectivity index (χ1v) is 16.6. The van der Waals surface area contributed by atoms with E-state index in [1.807, 2.05) is 0 Å². The van der Waals surface area contributed by atoms with E-state index in [2.05, 4.69) is 31.4 Å². The molecule has 1 unspecified atom stereocenters. The van der Waals surface area contributed by atoms with Crippen molar-refractivity contribution < 1.29 is 48.0 Å². The molecule has 4 aromatic rings. The molecule has 0 saturated heterocycles. The number of hydrogen-bond acceptors (Lipinski definition) is 10. The summed E-state index contributed by atoms with van der Waals surface area (Å²) in [4.78, 5) is 37.1. The monoisotopic (exact) mass is 694 g/mol. The molecule has 0 aliphatic carbocycles. The summed E-state index contributed by atoms with van der Waals surface area (Å²) in [7, 11) is -4.93. The van der Waals surface area contributed by atoms with E-state index in [9.17, 15) is 23.5 Å². The molecule has 0 aliphatic heterocycles. The van der Waals surface area contributed by atoms with E-state index in [1.165, 1.54) is 34.7 Å². The molecule has 3 atom stereocenters. The summed E-state index contributed by atoms with van der Waals surface area (Å²) in [5, 5.41) is 23.7. The molecule has 4 rings (SSSR count). The lowest BCUT2D eigenvalue weighted by atomic mass is 9.81. The molecular weight excluding hydrogens is 659 g/mol. The second-order valence-electron chi connectivity index (χ2n) is 10.3. The first-order chi connectivity index (χ1) is 22.3. The zero-order chi connectivity index (χ0) is 34.6. The van der Waals surface area contributed by atoms with Crippen molar-refractivity contribution in [2.75, 3.05) is 13.3 Å². The van der Waals surface area contributed by atoms with Crippen LogP contribution < -0.4 is 11.5 Å². The number of aromatic nitrogens is 4. The molecule has 0 spiro atoms. The highest BCUT2D eigenvalue weighted by Crippen LogP contribution is 2.46. The Balaban J connectivity index is 0.000000520. The third-order valence-electron chi connectivity index (χ3n) is 7.02. The Morgan fingerprint density at radius 1 is 1.23 bits per heavy atom. The van der Waals surface area contributed by atoms with E-state index < -0.39 is 49.8 Å². The SMILES string of the molecule is C[C@@H](c1nc(-c2ccc(C#N)cc2)cs1)[C@@](Cn1cncn1)(OCOP(=O)(O)O)c1ccc(F)cc1F.NC(CCCC[NH3+])C(=O)O. The average Bonchev–Trinajstić information content (AvgIpc) is 3.73. The van der Waals surface area contributed by atoms with Gasteiger partial charge in [0.1, 0.15) is 35.9 Å². The molecule has 252 valence electrons. The number of unbranched alkanes of at least 4 members (excludes halogenated alkanes) is 1. The highest BCUT2D eigenvalue weighted by Gasteiger charge is 2.45. The number of nitrogens with zero attached hydrogens (tertiary/aromatic N) is 5. The molecule has 47 heavy (non-hydrogen) atoms. The summed E-state index contributed by atoms with van der Waals surface area (Å²) in [5.41, 5.74) is 8.90. The second kappa shape index (κ2) is 17.3. The maximum atomic E-state index is 15.2. The Bertz CT molecular complexity index is 1680. The number of thiazole rings is 1. The van der Waals surface area contributed by atoms with Gasteiger partial charge in [-0.2, -0.15) is 10.4 Å². The van der Waals surface area contributed by atoms with Crippen LogP contribution in [0.25, 0.3) is 11.3 Å². The largest absolute Gasteiger partial charge is 0.480 e. The predicted octanol–water partition coefficient (Wildman–Crippen LogP) is 3.14. The second-order valence-corrected chi connectivity index (χ2v) is 12.4. The Kier molecular flexibility index (Phi) is 13.8. The summed E-state index contributed by atoms with van der Waals surface area (Å²) >= 11 is 1.25. The lowest BCUT2D eigenvalue weighted by molar-refractivity contribution is -0.368. The van der Waals surface area contributed by atoms with Crippen molar-refractivity contribution >= 4 is 25.1 Å². The number of carboxylic acids is 1. The number of benzene rings is 2. The standard InChI is InChI=1S/C23H20F2N5O5PS.C6H14N2O2/c1-15(22-29-21(10-37-22)17-4-2-16(9-26)3-5-17)23(11-30-13-27-12-28-30,34-14-35-36(31,32)33)19-7-6-18(24)8-20(19)25;7-4-2-1-3-5(8)6(9)10/h2-8,10,12-13,15H,11,14H2,1H3,(H2,31,32,33);5H,1-4,7-8H2,(H,9,10)/p+1/t15-,23+;/m0./s1. The fraction of sp³-hybridized carbons (Fsp3) is 0.345. The van der Waals surface area contributed by atoms with E-state index >= 15 is 4.39 Å². The molecule has 0 amide bonds. The van der Waals surface area contributed by atoms with Crippen molar-refractivity contribution in [1.29, 1.82) is 5.26 Å². The molecule has 2 aromatic heterocycles. The van der Waals surface area contributed by atoms with Crippen molar-refractivity contribution in [2.24, 2.45) is 5.73 Å². The van der Waals surface area contributed by atoms with E-state index in [4.69, 9.17) is 20.8 Å². The minimum Gasteiger partial charge on any atom is -0.480 e. The van der Waals surface area contributed by atoms with Gasteiger partial charge in [0.15, 0.2) is 6.79 Å². The van der Waals surface area contributed by atoms with Crippen LogP contribution in [0, 0.1) is 23.0 Å². The van der Waals surface area contributed by atoms with Gasteiger partial charge in [0.05, 0.1) is 35.4 Å². The molecule has 0 radical (unpaired) electrons. The lowest BCUT2D eigenvalue weighted by Gasteiger charge is -2.38. The lowest BCUT2D eigenvalue weighted by Crippen LogP contribution is -2.50. The number of rotatable bonds is 15. The fourth-order valence-electron chi connectivity index (χ4n) is 4.49. The molecule has 14 nitrogen and oxygen atoms in total. The van der Waals surface area contributed by atoms with Gasteiger partial charge in [-0.1, -0.05) is 25.1 Å². The number of hydrogen-bond donors (Lipinski definition) is 5. The van der Waals surface area contributed by atoms with Gasteiger partial charge in [0, 0.05) is 28.5 Å². The predicted molar refractivity (Wildman–Crippen MR) is 165 cm³/mol. The van der Waals surface area contributed by atoms with E-state index in [1.54, 1.807) is 36.6 Å². The van der Waals surface area contributed by atoms with Gasteiger partial charge in [-0.25, -0.2) is 28.0 Å². The topological polar surface area (TPSA) is 234 Å². The summed E-state index contributed by atoms with van der Waals surface area (Å²) < 4.78 is 52.2. The number of nitrogens with two attached hydrogens (primary N) is 1. The third-order valence-corrected chi connectivity index (χ3v) is 8.49. The normalized spacial score (nSPS) is 13.9. The Morgan fingerprint density at radius 2 is 1.96 bits per heavy atom. The molecule has 2 heterocycles. The van der Waals surface area contributed by atoms with Crippen molar-refractivity contribution in [3.05, 3.63) is 88.3 Å². The maximum Gasteiger partial charge on any atom is 0.471 e. The smallest absolute Gasteiger partial charge is 0.471 e. The number of carboxylic acid groups (broad SMARTS) is 1. The minimum atomic E-state index is -4.93. The number of quaternary nitrogens is 1. The first kappa shape index (κ1) is 37.5. The number of phosphoric ester groups is 1. The molecule has 0 bridgehead atoms. The van der Waals surface area contributed by atoms with Crippen molar-refractivity contribution in [1.82, 2.24) is 19.7 Å². The first-order valence-electron chi connectivity index (χ1n) is 14.1. The van der Waals surface area contributed by atoms with Gasteiger partial charge in [-0.15, -0.1) is 11.3 Å². The Morgan fingerprint density at radius 3 is 2.53 bits per heavy atom. The highest BCUT2D eigenvalue weighted by atomic mass is 32.1. The van der Waals surface area contributed by atoms with Gasteiger partial charge < -0.3 is 31.1 Å². The number of carbonyl (C=O) groups is 1. The van der Waals surface area contributed by atoms with Crippen LogP contribution in [0.15, 0.2) is 60.5 Å². The molecule has 2 aromatic carbocycles. The van der Waals surface area contributed by atoms with E-state index in [0.29, 0.717) is 28.8 Å². The van der Waals surface area contributed by atoms with Crippen LogP contribution in [0.5, 0.6) is 0 Å². The van der Waals surface area contributed by atoms with Crippen molar-refractivity contribution in [3.8, 4) is 17.3 Å². The molecule has 18 heteroatoms.